The van der Waals surface area contributed by atoms with Gasteiger partial charge in [-0.1, -0.05) is 0 Å². The molecular weight excluding hydrogens is 415 g/mol. The first-order valence-corrected chi connectivity index (χ1v) is 9.21. The molecule has 2 fully saturated rings. The van der Waals surface area contributed by atoms with E-state index in [-0.39, 0.29) is 29.5 Å². The first kappa shape index (κ1) is 22.0. The number of carbonyl (C=O) groups excluding carboxylic acids is 2. The Hall–Kier alpha value is -2.66. The molecule has 1 aromatic rings. The summed E-state index contributed by atoms with van der Waals surface area (Å²) in [5, 5.41) is 2.68. The lowest BCUT2D eigenvalue weighted by molar-refractivity contribution is -0.153. The van der Waals surface area contributed by atoms with Crippen LogP contribution in [0, 0.1) is 5.92 Å². The van der Waals surface area contributed by atoms with Crippen molar-refractivity contribution in [2.75, 3.05) is 24.6 Å². The minimum Gasteiger partial charge on any atom is -0.482 e. The molecule has 0 spiro atoms. The van der Waals surface area contributed by atoms with Gasteiger partial charge in [0.1, 0.15) is 11.4 Å². The number of hydrogen-bond acceptors (Lipinski definition) is 5. The van der Waals surface area contributed by atoms with Crippen molar-refractivity contribution in [3.63, 3.8) is 0 Å². The van der Waals surface area contributed by atoms with E-state index >= 15 is 0 Å². The molecule has 3 rings (SSSR count). The maximum atomic E-state index is 13.2. The zero-order valence-electron chi connectivity index (χ0n) is 16.1. The van der Waals surface area contributed by atoms with Gasteiger partial charge in [-0.2, -0.15) is 13.2 Å². The van der Waals surface area contributed by atoms with Gasteiger partial charge in [0.15, 0.2) is 6.61 Å². The lowest BCUT2D eigenvalue weighted by Gasteiger charge is -2.40. The summed E-state index contributed by atoms with van der Waals surface area (Å²) in [5.41, 5.74) is 4.01. The largest absolute Gasteiger partial charge is 0.482 e. The molecule has 1 aromatic heterocycles. The monoisotopic (exact) mass is 436 g/mol. The standard InChI is InChI=1S/C18H21F5N4O3/c1-16(5-14(24)28,10-2-3-10)26-15(29)11-4-13(30-9-18(21,22)23)12(6-25-11)27-7-17(19,20)8-27/h4,6,10H,2-3,5,7-9H2,1H3,(H2,24,28)(H,26,29)/t16-/m0/s1. The summed E-state index contributed by atoms with van der Waals surface area (Å²) in [4.78, 5) is 29.0. The van der Waals surface area contributed by atoms with Gasteiger partial charge >= 0.3 is 6.18 Å². The highest BCUT2D eigenvalue weighted by Gasteiger charge is 2.46. The van der Waals surface area contributed by atoms with Crippen LogP contribution in [-0.4, -0.2) is 54.1 Å². The number of alkyl halides is 5. The van der Waals surface area contributed by atoms with Crippen molar-refractivity contribution in [1.82, 2.24) is 10.3 Å². The minimum atomic E-state index is -4.66. The van der Waals surface area contributed by atoms with Crippen molar-refractivity contribution in [1.29, 1.82) is 0 Å². The van der Waals surface area contributed by atoms with Gasteiger partial charge in [-0.15, -0.1) is 0 Å². The first-order valence-electron chi connectivity index (χ1n) is 9.21. The molecule has 0 unspecified atom stereocenters. The maximum Gasteiger partial charge on any atom is 0.422 e. The van der Waals surface area contributed by atoms with Crippen LogP contribution in [0.1, 0.15) is 36.7 Å². The second kappa shape index (κ2) is 7.55. The molecule has 0 bridgehead atoms. The fourth-order valence-corrected chi connectivity index (χ4v) is 3.45. The molecule has 12 heteroatoms. The lowest BCUT2D eigenvalue weighted by atomic mass is 9.91. The average molecular weight is 436 g/mol. The highest BCUT2D eigenvalue weighted by atomic mass is 19.4. The van der Waals surface area contributed by atoms with Crippen LogP contribution in [0.15, 0.2) is 12.3 Å². The van der Waals surface area contributed by atoms with E-state index in [2.05, 4.69) is 10.3 Å². The number of nitrogens with one attached hydrogen (secondary N) is 1. The Balaban J connectivity index is 1.82. The number of carbonyl (C=O) groups is 2. The van der Waals surface area contributed by atoms with E-state index in [1.807, 2.05) is 0 Å². The van der Waals surface area contributed by atoms with E-state index in [1.165, 1.54) is 0 Å². The molecule has 3 N–H and O–H groups in total. The van der Waals surface area contributed by atoms with Gasteiger partial charge in [-0.05, 0) is 25.7 Å². The summed E-state index contributed by atoms with van der Waals surface area (Å²) in [6.07, 6.45) is -2.16. The molecule has 1 aliphatic carbocycles. The minimum absolute atomic E-state index is 0.0393. The number of anilines is 1. The molecule has 2 aliphatic rings. The zero-order chi connectivity index (χ0) is 22.3. The quantitative estimate of drug-likeness (QED) is 0.610. The van der Waals surface area contributed by atoms with Gasteiger partial charge in [0.2, 0.25) is 5.91 Å². The molecule has 2 amide bonds. The average Bonchev–Trinajstić information content (AvgIpc) is 3.41. The number of nitrogens with two attached hydrogens (primary N) is 1. The van der Waals surface area contributed by atoms with Crippen molar-refractivity contribution < 1.29 is 36.3 Å². The Labute approximate surface area is 168 Å². The number of primary amides is 1. The fourth-order valence-electron chi connectivity index (χ4n) is 3.45. The van der Waals surface area contributed by atoms with E-state index in [4.69, 9.17) is 10.5 Å². The smallest absolute Gasteiger partial charge is 0.422 e. The van der Waals surface area contributed by atoms with E-state index < -0.39 is 49.1 Å². The third-order valence-electron chi connectivity index (χ3n) is 5.07. The van der Waals surface area contributed by atoms with Crippen molar-refractivity contribution in [2.45, 2.75) is 43.8 Å². The third-order valence-corrected chi connectivity index (χ3v) is 5.07. The predicted molar refractivity (Wildman–Crippen MR) is 95.4 cm³/mol. The first-order chi connectivity index (χ1) is 13.8. The molecule has 1 atom stereocenters. The molecule has 1 aliphatic heterocycles. The Morgan fingerprint density at radius 1 is 1.33 bits per heavy atom. The van der Waals surface area contributed by atoms with Crippen molar-refractivity contribution >= 4 is 17.5 Å². The van der Waals surface area contributed by atoms with Crippen LogP contribution < -0.4 is 20.7 Å². The molecular formula is C18H21F5N4O3. The van der Waals surface area contributed by atoms with Gasteiger partial charge in [-0.25, -0.2) is 13.8 Å². The predicted octanol–water partition coefficient (Wildman–Crippen LogP) is 2.25. The summed E-state index contributed by atoms with van der Waals surface area (Å²) in [7, 11) is 0. The third kappa shape index (κ3) is 5.28. The molecule has 2 heterocycles. The van der Waals surface area contributed by atoms with Crippen LogP contribution in [0.5, 0.6) is 5.75 Å². The Morgan fingerprint density at radius 2 is 1.97 bits per heavy atom. The number of ether oxygens (including phenoxy) is 1. The number of nitrogens with zero attached hydrogens (tertiary/aromatic N) is 2. The summed E-state index contributed by atoms with van der Waals surface area (Å²) in [5.74, 6) is -4.65. The summed E-state index contributed by atoms with van der Waals surface area (Å²) in [6, 6.07) is 0.977. The number of halogens is 5. The van der Waals surface area contributed by atoms with Crippen molar-refractivity contribution in [3.8, 4) is 5.75 Å². The zero-order valence-corrected chi connectivity index (χ0v) is 16.1. The summed E-state index contributed by atoms with van der Waals surface area (Å²) >= 11 is 0. The van der Waals surface area contributed by atoms with Gasteiger partial charge in [0.05, 0.1) is 25.0 Å². The Bertz CT molecular complexity index is 836. The lowest BCUT2D eigenvalue weighted by Crippen LogP contribution is -2.56. The molecule has 1 saturated heterocycles. The number of aromatic nitrogens is 1. The van der Waals surface area contributed by atoms with Crippen LogP contribution in [0.4, 0.5) is 27.6 Å². The number of rotatable bonds is 8. The number of hydrogen-bond donors (Lipinski definition) is 2. The van der Waals surface area contributed by atoms with Gasteiger partial charge in [0.25, 0.3) is 11.8 Å². The van der Waals surface area contributed by atoms with Crippen molar-refractivity contribution in [3.05, 3.63) is 18.0 Å². The van der Waals surface area contributed by atoms with Gasteiger partial charge in [-0.3, -0.25) is 9.59 Å². The maximum absolute atomic E-state index is 13.2. The highest BCUT2D eigenvalue weighted by molar-refractivity contribution is 5.94. The number of amides is 2. The molecule has 30 heavy (non-hydrogen) atoms. The second-order valence-corrected chi connectivity index (χ2v) is 7.94. The Kier molecular flexibility index (Phi) is 5.54. The van der Waals surface area contributed by atoms with Crippen molar-refractivity contribution in [2.24, 2.45) is 11.7 Å². The summed E-state index contributed by atoms with van der Waals surface area (Å²) < 4.78 is 68.9. The fraction of sp³-hybridized carbons (Fsp3) is 0.611. The SMILES string of the molecule is C[C@@](CC(N)=O)(NC(=O)c1cc(OCC(F)(F)F)c(N2CC(F)(F)C2)cn1)C1CC1. The second-order valence-electron chi connectivity index (χ2n) is 7.94. The van der Waals surface area contributed by atoms with Gasteiger partial charge < -0.3 is 20.7 Å². The van der Waals surface area contributed by atoms with Crippen LogP contribution in [0.2, 0.25) is 0 Å². The van der Waals surface area contributed by atoms with Crippen LogP contribution >= 0.6 is 0 Å². The molecule has 166 valence electrons. The molecule has 7 nitrogen and oxygen atoms in total. The molecule has 0 aromatic carbocycles. The van der Waals surface area contributed by atoms with E-state index in [1.54, 1.807) is 6.92 Å². The van der Waals surface area contributed by atoms with Crippen LogP contribution in [-0.2, 0) is 4.79 Å². The van der Waals surface area contributed by atoms with Crippen LogP contribution in [0.3, 0.4) is 0 Å². The van der Waals surface area contributed by atoms with Crippen LogP contribution in [0.25, 0.3) is 0 Å². The van der Waals surface area contributed by atoms with E-state index in [0.29, 0.717) is 0 Å². The normalized spacial score (nSPS) is 20.1. The van der Waals surface area contributed by atoms with E-state index in [0.717, 1.165) is 30.0 Å². The number of pyridine rings is 1. The summed E-state index contributed by atoms with van der Waals surface area (Å²) in [6.45, 7) is -1.39. The van der Waals surface area contributed by atoms with Gasteiger partial charge in [0, 0.05) is 18.0 Å². The topological polar surface area (TPSA) is 97.5 Å². The highest BCUT2D eigenvalue weighted by Crippen LogP contribution is 2.42. The molecule has 0 radical (unpaired) electrons. The Morgan fingerprint density at radius 3 is 2.47 bits per heavy atom. The molecule has 1 saturated carbocycles. The van der Waals surface area contributed by atoms with E-state index in [9.17, 15) is 31.5 Å².